The van der Waals surface area contributed by atoms with Crippen molar-refractivity contribution in [1.29, 1.82) is 0 Å². The van der Waals surface area contributed by atoms with E-state index in [1.807, 2.05) is 6.92 Å². The molecular weight excluding hydrogens is 472 g/mol. The lowest BCUT2D eigenvalue weighted by Crippen LogP contribution is -2.54. The number of pyridine rings is 1. The average molecular weight is 498 g/mol. The van der Waals surface area contributed by atoms with Gasteiger partial charge in [0.2, 0.25) is 0 Å². The van der Waals surface area contributed by atoms with E-state index in [1.54, 1.807) is 18.3 Å². The molecule has 0 radical (unpaired) electrons. The minimum absolute atomic E-state index is 0.00693. The van der Waals surface area contributed by atoms with Crippen LogP contribution in [0.15, 0.2) is 65.8 Å². The van der Waals surface area contributed by atoms with Gasteiger partial charge >= 0.3 is 0 Å². The van der Waals surface area contributed by atoms with Crippen molar-refractivity contribution >= 4 is 21.5 Å². The number of carbonyl (C=O) groups excluding carboxylic acids is 1. The monoisotopic (exact) mass is 497 g/mol. The summed E-state index contributed by atoms with van der Waals surface area (Å²) in [6.07, 6.45) is 1.54. The number of rotatable bonds is 5. The molecule has 0 aliphatic carbocycles. The van der Waals surface area contributed by atoms with E-state index in [9.17, 15) is 22.0 Å². The molecule has 1 aliphatic rings. The first-order valence-corrected chi connectivity index (χ1v) is 12.6. The van der Waals surface area contributed by atoms with E-state index in [2.05, 4.69) is 9.98 Å². The van der Waals surface area contributed by atoms with E-state index in [-0.39, 0.29) is 34.9 Å². The van der Waals surface area contributed by atoms with Crippen LogP contribution in [0.1, 0.15) is 46.6 Å². The fraction of sp³-hybridized carbons (Fsp3) is 0.269. The lowest BCUT2D eigenvalue weighted by Gasteiger charge is -2.40. The van der Waals surface area contributed by atoms with Crippen molar-refractivity contribution in [2.45, 2.75) is 37.5 Å². The molecule has 0 spiro atoms. The Labute approximate surface area is 202 Å². The summed E-state index contributed by atoms with van der Waals surface area (Å²) in [5.41, 5.74) is 6.49. The van der Waals surface area contributed by atoms with E-state index < -0.39 is 37.5 Å². The van der Waals surface area contributed by atoms with Crippen molar-refractivity contribution in [2.24, 2.45) is 10.7 Å². The molecule has 0 unspecified atom stereocenters. The minimum atomic E-state index is -4.06. The van der Waals surface area contributed by atoms with Gasteiger partial charge in [-0.15, -0.1) is 0 Å². The molecule has 182 valence electrons. The van der Waals surface area contributed by atoms with E-state index >= 15 is 0 Å². The zero-order chi connectivity index (χ0) is 25.6. The highest BCUT2D eigenvalue weighted by Crippen LogP contribution is 2.43. The number of sulfone groups is 1. The van der Waals surface area contributed by atoms with Gasteiger partial charge in [-0.1, -0.05) is 24.3 Å². The predicted molar refractivity (Wildman–Crippen MR) is 130 cm³/mol. The minimum Gasteiger partial charge on any atom is -0.386 e. The van der Waals surface area contributed by atoms with Crippen LogP contribution in [0, 0.1) is 18.6 Å². The molecule has 35 heavy (non-hydrogen) atoms. The van der Waals surface area contributed by atoms with Crippen LogP contribution in [0.4, 0.5) is 8.78 Å². The molecule has 4 rings (SSSR count). The summed E-state index contributed by atoms with van der Waals surface area (Å²) in [5.74, 6) is -2.35. The first kappa shape index (κ1) is 24.7. The summed E-state index contributed by atoms with van der Waals surface area (Å²) in [5, 5.41) is 0. The second kappa shape index (κ2) is 8.64. The fourth-order valence-corrected chi connectivity index (χ4v) is 6.43. The van der Waals surface area contributed by atoms with Crippen molar-refractivity contribution in [3.63, 3.8) is 0 Å². The zero-order valence-corrected chi connectivity index (χ0v) is 20.4. The van der Waals surface area contributed by atoms with Crippen molar-refractivity contribution in [3.05, 3.63) is 100 Å². The number of aliphatic imine (C=N–C) groups is 1. The van der Waals surface area contributed by atoms with E-state index in [0.29, 0.717) is 5.56 Å². The molecule has 0 fully saturated rings. The van der Waals surface area contributed by atoms with Gasteiger partial charge in [0.15, 0.2) is 20.4 Å². The van der Waals surface area contributed by atoms with E-state index in [1.165, 1.54) is 50.2 Å². The fourth-order valence-electron chi connectivity index (χ4n) is 4.33. The quantitative estimate of drug-likeness (QED) is 0.537. The number of hydrogen-bond donors (Lipinski definition) is 1. The van der Waals surface area contributed by atoms with E-state index in [0.717, 1.165) is 11.6 Å². The van der Waals surface area contributed by atoms with Crippen molar-refractivity contribution in [1.82, 2.24) is 4.98 Å². The summed E-state index contributed by atoms with van der Waals surface area (Å²) in [4.78, 5) is 21.2. The van der Waals surface area contributed by atoms with Gasteiger partial charge in [0, 0.05) is 18.2 Å². The number of ketones is 1. The Bertz CT molecular complexity index is 1450. The Morgan fingerprint density at radius 2 is 1.83 bits per heavy atom. The highest BCUT2D eigenvalue weighted by atomic mass is 32.2. The molecule has 6 nitrogen and oxygen atoms in total. The average Bonchev–Trinajstić information content (AvgIpc) is 2.78. The van der Waals surface area contributed by atoms with Gasteiger partial charge in [-0.2, -0.15) is 0 Å². The van der Waals surface area contributed by atoms with Crippen molar-refractivity contribution in [3.8, 4) is 0 Å². The zero-order valence-electron chi connectivity index (χ0n) is 19.5. The lowest BCUT2D eigenvalue weighted by atomic mass is 9.90. The maximum atomic E-state index is 15.0. The van der Waals surface area contributed by atoms with Crippen LogP contribution in [0.25, 0.3) is 0 Å². The van der Waals surface area contributed by atoms with Crippen LogP contribution in [-0.4, -0.2) is 30.8 Å². The molecule has 2 atom stereocenters. The first-order chi connectivity index (χ1) is 16.4. The highest BCUT2D eigenvalue weighted by Gasteiger charge is 2.53. The van der Waals surface area contributed by atoms with Crippen molar-refractivity contribution < 1.29 is 22.0 Å². The van der Waals surface area contributed by atoms with Gasteiger partial charge in [0.05, 0.1) is 5.75 Å². The first-order valence-electron chi connectivity index (χ1n) is 10.9. The smallest absolute Gasteiger partial charge is 0.185 e. The van der Waals surface area contributed by atoms with Gasteiger partial charge in [0.1, 0.15) is 28.7 Å². The van der Waals surface area contributed by atoms with Crippen LogP contribution in [0.3, 0.4) is 0 Å². The molecular formula is C26H25F2N3O3S. The number of nitrogens with zero attached hydrogens (tertiary/aromatic N) is 2. The molecule has 2 N–H and O–H groups in total. The standard InChI is InChI=1S/C26H25F2N3O3S/c1-16-7-10-22(30-14-16)23(32)12-17-8-9-21(28)20(11-17)25(2)15-35(33,34)26(3,24(29)31-25)18-5-4-6-19(27)13-18/h4-11,13-14H,12,15H2,1-3H3,(H2,29,31)/t25-,26+/m0/s1. The predicted octanol–water partition coefficient (Wildman–Crippen LogP) is 4.01. The number of halogens is 2. The molecule has 1 aliphatic heterocycles. The third kappa shape index (κ3) is 4.36. The van der Waals surface area contributed by atoms with Gasteiger partial charge in [-0.3, -0.25) is 14.8 Å². The van der Waals surface area contributed by atoms with Gasteiger partial charge < -0.3 is 5.73 Å². The maximum absolute atomic E-state index is 15.0. The number of Topliss-reactive ketones (excluding diaryl/α,β-unsaturated/α-hetero) is 1. The molecule has 0 bridgehead atoms. The van der Waals surface area contributed by atoms with Crippen LogP contribution in [-0.2, 0) is 26.5 Å². The number of carbonyl (C=O) groups is 1. The second-order valence-corrected chi connectivity index (χ2v) is 11.5. The number of hydrogen-bond acceptors (Lipinski definition) is 6. The summed E-state index contributed by atoms with van der Waals surface area (Å²) >= 11 is 0. The Kier molecular flexibility index (Phi) is 6.09. The summed E-state index contributed by atoms with van der Waals surface area (Å²) in [6.45, 7) is 4.71. The Morgan fingerprint density at radius 1 is 1.09 bits per heavy atom. The summed E-state index contributed by atoms with van der Waals surface area (Å²) in [7, 11) is -4.06. The Morgan fingerprint density at radius 3 is 2.46 bits per heavy atom. The highest BCUT2D eigenvalue weighted by molar-refractivity contribution is 7.93. The topological polar surface area (TPSA) is 102 Å². The Balaban J connectivity index is 1.74. The second-order valence-electron chi connectivity index (χ2n) is 9.21. The maximum Gasteiger partial charge on any atom is 0.185 e. The molecule has 0 saturated heterocycles. The van der Waals surface area contributed by atoms with Crippen LogP contribution in [0.5, 0.6) is 0 Å². The Hall–Kier alpha value is -3.46. The van der Waals surface area contributed by atoms with Gasteiger partial charge in [-0.05, 0) is 67.8 Å². The van der Waals surface area contributed by atoms with Crippen molar-refractivity contribution in [2.75, 3.05) is 5.75 Å². The normalized spacial score (nSPS) is 23.5. The third-order valence-corrected chi connectivity index (χ3v) is 9.13. The number of aryl methyl sites for hydroxylation is 1. The van der Waals surface area contributed by atoms with Gasteiger partial charge in [0.25, 0.3) is 0 Å². The molecule has 3 aromatic rings. The molecule has 0 amide bonds. The largest absolute Gasteiger partial charge is 0.386 e. The summed E-state index contributed by atoms with van der Waals surface area (Å²) < 4.78 is 54.2. The molecule has 2 heterocycles. The van der Waals surface area contributed by atoms with Crippen LogP contribution < -0.4 is 5.73 Å². The van der Waals surface area contributed by atoms with E-state index in [4.69, 9.17) is 5.73 Å². The van der Waals surface area contributed by atoms with Gasteiger partial charge in [-0.25, -0.2) is 17.2 Å². The number of aromatic nitrogens is 1. The number of nitrogens with two attached hydrogens (primary N) is 1. The summed E-state index contributed by atoms with van der Waals surface area (Å²) in [6, 6.07) is 12.7. The molecule has 9 heteroatoms. The molecule has 0 saturated carbocycles. The third-order valence-electron chi connectivity index (χ3n) is 6.50. The number of amidine groups is 1. The van der Waals surface area contributed by atoms with Crippen LogP contribution in [0.2, 0.25) is 0 Å². The van der Waals surface area contributed by atoms with Crippen LogP contribution >= 0.6 is 0 Å². The molecule has 2 aromatic carbocycles. The molecule has 1 aromatic heterocycles. The lowest BCUT2D eigenvalue weighted by molar-refractivity contribution is 0.0988. The number of benzene rings is 2. The SMILES string of the molecule is Cc1ccc(C(=O)Cc2ccc(F)c([C@]3(C)CS(=O)(=O)[C@](C)(c4cccc(F)c4)C(N)=N3)c2)nc1.